The molecule has 112 valence electrons. The molecule has 0 radical (unpaired) electrons. The summed E-state index contributed by atoms with van der Waals surface area (Å²) < 4.78 is 0.934. The van der Waals surface area contributed by atoms with Crippen LogP contribution in [0.4, 0.5) is 5.69 Å². The lowest BCUT2D eigenvalue weighted by Gasteiger charge is -2.32. The van der Waals surface area contributed by atoms with E-state index in [-0.39, 0.29) is 5.91 Å². The minimum Gasteiger partial charge on any atom is -0.397 e. The molecule has 1 aliphatic heterocycles. The van der Waals surface area contributed by atoms with E-state index in [9.17, 15) is 4.79 Å². The first-order chi connectivity index (χ1) is 10.1. The Kier molecular flexibility index (Phi) is 4.03. The highest BCUT2D eigenvalue weighted by atomic mass is 35.5. The molecule has 1 aromatic carbocycles. The molecule has 0 spiro atoms. The smallest absolute Gasteiger partial charge is 0.277 e. The number of carbonyl (C=O) groups is 1. The summed E-state index contributed by atoms with van der Waals surface area (Å²) in [5, 5.41) is 3.29. The van der Waals surface area contributed by atoms with Crippen molar-refractivity contribution in [1.82, 2.24) is 15.3 Å². The summed E-state index contributed by atoms with van der Waals surface area (Å²) in [4.78, 5) is 15.2. The first-order valence-corrected chi connectivity index (χ1v) is 7.96. The van der Waals surface area contributed by atoms with Gasteiger partial charge in [0.2, 0.25) is 0 Å². The van der Waals surface area contributed by atoms with Gasteiger partial charge >= 0.3 is 0 Å². The number of piperazine rings is 1. The quantitative estimate of drug-likeness (QED) is 0.887. The second-order valence-corrected chi connectivity index (χ2v) is 6.65. The number of amides is 1. The van der Waals surface area contributed by atoms with Crippen LogP contribution in [0.25, 0.3) is 10.1 Å². The predicted octanol–water partition coefficient (Wildman–Crippen LogP) is 2.03. The maximum absolute atomic E-state index is 12.4. The Labute approximate surface area is 132 Å². The van der Waals surface area contributed by atoms with E-state index in [2.05, 4.69) is 17.4 Å². The second-order valence-electron chi connectivity index (χ2n) is 5.19. The lowest BCUT2D eigenvalue weighted by molar-refractivity contribution is 0.0667. The van der Waals surface area contributed by atoms with Crippen LogP contribution in [0, 0.1) is 0 Å². The summed E-state index contributed by atoms with van der Waals surface area (Å²) in [6.07, 6.45) is 0. The molecule has 5 nitrogen and oxygen atoms in total. The van der Waals surface area contributed by atoms with Gasteiger partial charge in [0.05, 0.1) is 10.7 Å². The summed E-state index contributed by atoms with van der Waals surface area (Å²) in [7, 11) is 2.07. The first kappa shape index (κ1) is 14.6. The number of hydrogen-bond donors (Lipinski definition) is 2. The van der Waals surface area contributed by atoms with Gasteiger partial charge in [-0.25, -0.2) is 5.01 Å². The molecule has 1 saturated heterocycles. The van der Waals surface area contributed by atoms with Crippen LogP contribution in [0.2, 0.25) is 5.02 Å². The first-order valence-electron chi connectivity index (χ1n) is 6.77. The van der Waals surface area contributed by atoms with Crippen molar-refractivity contribution in [3.63, 3.8) is 0 Å². The van der Waals surface area contributed by atoms with Gasteiger partial charge in [0.15, 0.2) is 0 Å². The Balaban J connectivity index is 1.82. The number of hydrazine groups is 1. The van der Waals surface area contributed by atoms with Crippen molar-refractivity contribution in [2.75, 3.05) is 39.0 Å². The third-order valence-corrected chi connectivity index (χ3v) is 5.16. The largest absolute Gasteiger partial charge is 0.397 e. The normalized spacial score (nSPS) is 17.2. The Bertz CT molecular complexity index is 679. The summed E-state index contributed by atoms with van der Waals surface area (Å²) in [5.41, 5.74) is 9.50. The highest BCUT2D eigenvalue weighted by Gasteiger charge is 2.21. The zero-order valence-corrected chi connectivity index (χ0v) is 13.3. The van der Waals surface area contributed by atoms with Crippen molar-refractivity contribution in [3.8, 4) is 0 Å². The number of nitrogens with one attached hydrogen (secondary N) is 1. The third kappa shape index (κ3) is 2.85. The lowest BCUT2D eigenvalue weighted by Crippen LogP contribution is -2.52. The predicted molar refractivity (Wildman–Crippen MR) is 87.8 cm³/mol. The number of carbonyl (C=O) groups excluding carboxylic acids is 1. The van der Waals surface area contributed by atoms with Gasteiger partial charge < -0.3 is 10.6 Å². The van der Waals surface area contributed by atoms with Crippen molar-refractivity contribution in [3.05, 3.63) is 28.1 Å². The zero-order chi connectivity index (χ0) is 15.0. The molecule has 1 fully saturated rings. The van der Waals surface area contributed by atoms with Crippen molar-refractivity contribution in [2.45, 2.75) is 0 Å². The van der Waals surface area contributed by atoms with Crippen LogP contribution in [0.5, 0.6) is 0 Å². The van der Waals surface area contributed by atoms with Gasteiger partial charge in [0, 0.05) is 36.3 Å². The van der Waals surface area contributed by atoms with Crippen LogP contribution < -0.4 is 11.2 Å². The number of likely N-dealkylation sites (N-methyl/N-ethyl adjacent to an activating group) is 1. The number of benzene rings is 1. The third-order valence-electron chi connectivity index (χ3n) is 3.67. The maximum atomic E-state index is 12.4. The van der Waals surface area contributed by atoms with Crippen LogP contribution in [0.3, 0.4) is 0 Å². The molecule has 0 atom stereocenters. The fourth-order valence-electron chi connectivity index (χ4n) is 2.41. The van der Waals surface area contributed by atoms with E-state index in [1.807, 2.05) is 17.1 Å². The number of fused-ring (bicyclic) bond motifs is 1. The molecular weight excluding hydrogens is 308 g/mol. The van der Waals surface area contributed by atoms with Gasteiger partial charge in [-0.15, -0.1) is 11.3 Å². The van der Waals surface area contributed by atoms with Gasteiger partial charge in [-0.3, -0.25) is 10.2 Å². The van der Waals surface area contributed by atoms with Gasteiger partial charge in [-0.2, -0.15) is 0 Å². The van der Waals surface area contributed by atoms with E-state index in [4.69, 9.17) is 17.3 Å². The Hall–Kier alpha value is -1.34. The molecule has 3 rings (SSSR count). The monoisotopic (exact) mass is 324 g/mol. The average molecular weight is 325 g/mol. The molecular formula is C14H17ClN4OS. The molecule has 1 amide bonds. The topological polar surface area (TPSA) is 61.6 Å². The van der Waals surface area contributed by atoms with Crippen LogP contribution in [-0.4, -0.2) is 49.0 Å². The summed E-state index contributed by atoms with van der Waals surface area (Å²) in [6.45, 7) is 3.50. The highest BCUT2D eigenvalue weighted by Crippen LogP contribution is 2.37. The number of anilines is 1. The van der Waals surface area contributed by atoms with Gasteiger partial charge in [-0.05, 0) is 19.2 Å². The standard InChI is InChI=1S/C14H17ClN4OS/c1-18-5-7-19(8-6-18)17-14(20)13-12(16)11-9(15)3-2-4-10(11)21-13/h2-4H,5-8,16H2,1H3,(H,17,20). The molecule has 7 heteroatoms. The number of halogens is 1. The summed E-state index contributed by atoms with van der Waals surface area (Å²) in [5.74, 6) is -0.158. The van der Waals surface area contributed by atoms with E-state index >= 15 is 0 Å². The maximum Gasteiger partial charge on any atom is 0.277 e. The van der Waals surface area contributed by atoms with E-state index in [0.717, 1.165) is 36.3 Å². The molecule has 3 N–H and O–H groups in total. The van der Waals surface area contributed by atoms with E-state index in [1.165, 1.54) is 11.3 Å². The van der Waals surface area contributed by atoms with Crippen molar-refractivity contribution in [1.29, 1.82) is 0 Å². The second kappa shape index (κ2) is 5.81. The van der Waals surface area contributed by atoms with Gasteiger partial charge in [-0.1, -0.05) is 17.7 Å². The molecule has 0 bridgehead atoms. The average Bonchev–Trinajstić information content (AvgIpc) is 2.80. The van der Waals surface area contributed by atoms with E-state index in [1.54, 1.807) is 6.07 Å². The molecule has 0 saturated carbocycles. The SMILES string of the molecule is CN1CCN(NC(=O)c2sc3cccc(Cl)c3c2N)CC1. The van der Waals surface area contributed by atoms with Crippen molar-refractivity contribution >= 4 is 44.6 Å². The molecule has 0 unspecified atom stereocenters. The van der Waals surface area contributed by atoms with Crippen LogP contribution >= 0.6 is 22.9 Å². The Morgan fingerprint density at radius 2 is 2.05 bits per heavy atom. The molecule has 21 heavy (non-hydrogen) atoms. The van der Waals surface area contributed by atoms with Crippen LogP contribution in [-0.2, 0) is 0 Å². The van der Waals surface area contributed by atoms with Crippen LogP contribution in [0.1, 0.15) is 9.67 Å². The summed E-state index contributed by atoms with van der Waals surface area (Å²) in [6, 6.07) is 5.58. The van der Waals surface area contributed by atoms with E-state index < -0.39 is 0 Å². The van der Waals surface area contributed by atoms with Crippen molar-refractivity contribution < 1.29 is 4.79 Å². The molecule has 1 aliphatic rings. The van der Waals surface area contributed by atoms with Crippen molar-refractivity contribution in [2.24, 2.45) is 0 Å². The minimum absolute atomic E-state index is 0.158. The minimum atomic E-state index is -0.158. The number of hydrogen-bond acceptors (Lipinski definition) is 5. The fraction of sp³-hybridized carbons (Fsp3) is 0.357. The highest BCUT2D eigenvalue weighted by molar-refractivity contribution is 7.21. The Morgan fingerprint density at radius 1 is 1.33 bits per heavy atom. The van der Waals surface area contributed by atoms with Gasteiger partial charge in [0.25, 0.3) is 5.91 Å². The Morgan fingerprint density at radius 3 is 2.71 bits per heavy atom. The number of nitrogen functional groups attached to an aromatic ring is 1. The van der Waals surface area contributed by atoms with Crippen LogP contribution in [0.15, 0.2) is 18.2 Å². The number of nitrogens with zero attached hydrogens (tertiary/aromatic N) is 2. The molecule has 1 aromatic heterocycles. The number of rotatable bonds is 2. The number of nitrogens with two attached hydrogens (primary N) is 1. The fourth-order valence-corrected chi connectivity index (χ4v) is 3.78. The molecule has 0 aliphatic carbocycles. The zero-order valence-electron chi connectivity index (χ0n) is 11.7. The van der Waals surface area contributed by atoms with E-state index in [0.29, 0.717) is 15.6 Å². The summed E-state index contributed by atoms with van der Waals surface area (Å²) >= 11 is 7.54. The lowest BCUT2D eigenvalue weighted by atomic mass is 10.2. The molecule has 2 aromatic rings. The van der Waals surface area contributed by atoms with Gasteiger partial charge in [0.1, 0.15) is 4.88 Å². The molecule has 2 heterocycles. The number of thiophene rings is 1.